The van der Waals surface area contributed by atoms with Gasteiger partial charge < -0.3 is 5.32 Å². The van der Waals surface area contributed by atoms with Gasteiger partial charge in [-0.1, -0.05) is 0 Å². The molecule has 0 spiro atoms. The van der Waals surface area contributed by atoms with Crippen molar-refractivity contribution in [1.29, 1.82) is 0 Å². The van der Waals surface area contributed by atoms with E-state index < -0.39 is 0 Å². The summed E-state index contributed by atoms with van der Waals surface area (Å²) in [4.78, 5) is 2.71. The van der Waals surface area contributed by atoms with Gasteiger partial charge in [-0.25, -0.2) is 0 Å². The molecular formula is C13H13N3S. The number of anilines is 1. The molecule has 86 valence electrons. The lowest BCUT2D eigenvalue weighted by molar-refractivity contribution is 1.12. The molecule has 0 aliphatic carbocycles. The molecule has 2 aromatic heterocycles. The van der Waals surface area contributed by atoms with E-state index in [4.69, 9.17) is 0 Å². The average molecular weight is 243 g/mol. The van der Waals surface area contributed by atoms with Crippen LogP contribution in [0.4, 0.5) is 5.69 Å². The minimum atomic E-state index is 0.877. The monoisotopic (exact) mass is 243 g/mol. The van der Waals surface area contributed by atoms with Gasteiger partial charge in [0.25, 0.3) is 0 Å². The maximum absolute atomic E-state index is 4.01. The maximum Gasteiger partial charge on any atom is 0.0651 e. The summed E-state index contributed by atoms with van der Waals surface area (Å²) >= 11 is 1.83. The highest BCUT2D eigenvalue weighted by Gasteiger charge is 1.99. The van der Waals surface area contributed by atoms with Crippen molar-refractivity contribution in [2.75, 3.05) is 5.32 Å². The predicted molar refractivity (Wildman–Crippen MR) is 72.5 cm³/mol. The van der Waals surface area contributed by atoms with Crippen LogP contribution in [0.5, 0.6) is 0 Å². The number of fused-ring (bicyclic) bond motifs is 1. The third-order valence-corrected chi connectivity index (χ3v) is 3.70. The van der Waals surface area contributed by atoms with Gasteiger partial charge in [0.1, 0.15) is 0 Å². The zero-order chi connectivity index (χ0) is 11.7. The van der Waals surface area contributed by atoms with Crippen molar-refractivity contribution in [3.63, 3.8) is 0 Å². The first-order valence-electron chi connectivity index (χ1n) is 5.53. The highest BCUT2D eigenvalue weighted by atomic mass is 32.1. The smallest absolute Gasteiger partial charge is 0.0651 e. The lowest BCUT2D eigenvalue weighted by Gasteiger charge is -2.04. The predicted octanol–water partition coefficient (Wildman–Crippen LogP) is 3.54. The van der Waals surface area contributed by atoms with E-state index in [0.29, 0.717) is 0 Å². The number of aryl methyl sites for hydroxylation is 1. The van der Waals surface area contributed by atoms with Crippen molar-refractivity contribution in [2.24, 2.45) is 0 Å². The minimum Gasteiger partial charge on any atom is -0.380 e. The summed E-state index contributed by atoms with van der Waals surface area (Å²) in [5.74, 6) is 0. The molecule has 0 saturated heterocycles. The fourth-order valence-electron chi connectivity index (χ4n) is 1.82. The first-order chi connectivity index (χ1) is 8.31. The molecule has 0 unspecified atom stereocenters. The lowest BCUT2D eigenvalue weighted by atomic mass is 10.2. The summed E-state index contributed by atoms with van der Waals surface area (Å²) in [6, 6.07) is 10.6. The second-order valence-electron chi connectivity index (χ2n) is 4.04. The number of nitrogens with one attached hydrogen (secondary N) is 2. The SMILES string of the molecule is Cc1ccc(CNc2ccc3[nH]ncc3c2)s1. The third-order valence-electron chi connectivity index (χ3n) is 2.70. The standard InChI is InChI=1S/C13H13N3S/c1-9-2-4-12(17-9)8-14-11-3-5-13-10(6-11)7-15-16-13/h2-7,14H,8H2,1H3,(H,15,16). The van der Waals surface area contributed by atoms with E-state index in [-0.39, 0.29) is 0 Å². The van der Waals surface area contributed by atoms with E-state index >= 15 is 0 Å². The molecule has 0 aliphatic rings. The van der Waals surface area contributed by atoms with Crippen LogP contribution in [0.1, 0.15) is 9.75 Å². The van der Waals surface area contributed by atoms with E-state index in [1.54, 1.807) is 0 Å². The maximum atomic E-state index is 4.01. The number of benzene rings is 1. The Labute approximate surface area is 103 Å². The molecule has 0 fully saturated rings. The molecule has 0 bridgehead atoms. The molecule has 3 aromatic rings. The third kappa shape index (κ3) is 2.17. The van der Waals surface area contributed by atoms with Gasteiger partial charge >= 0.3 is 0 Å². The largest absolute Gasteiger partial charge is 0.380 e. The van der Waals surface area contributed by atoms with Crippen molar-refractivity contribution in [3.8, 4) is 0 Å². The molecule has 2 heterocycles. The first-order valence-corrected chi connectivity index (χ1v) is 6.35. The topological polar surface area (TPSA) is 40.7 Å². The Kier molecular flexibility index (Phi) is 2.57. The zero-order valence-electron chi connectivity index (χ0n) is 9.53. The summed E-state index contributed by atoms with van der Waals surface area (Å²) in [5.41, 5.74) is 2.20. The summed E-state index contributed by atoms with van der Waals surface area (Å²) in [6.07, 6.45) is 1.84. The van der Waals surface area contributed by atoms with Crippen LogP contribution in [-0.4, -0.2) is 10.2 Å². The van der Waals surface area contributed by atoms with E-state index in [9.17, 15) is 0 Å². The summed E-state index contributed by atoms with van der Waals surface area (Å²) in [5, 5.41) is 11.5. The number of hydrogen-bond acceptors (Lipinski definition) is 3. The Morgan fingerprint density at radius 2 is 2.24 bits per heavy atom. The quantitative estimate of drug-likeness (QED) is 0.738. The molecule has 3 nitrogen and oxygen atoms in total. The Bertz CT molecular complexity index is 639. The Morgan fingerprint density at radius 1 is 1.29 bits per heavy atom. The summed E-state index contributed by atoms with van der Waals surface area (Å²) < 4.78 is 0. The molecule has 0 aliphatic heterocycles. The van der Waals surface area contributed by atoms with Gasteiger partial charge in [-0.05, 0) is 37.3 Å². The Morgan fingerprint density at radius 3 is 3.06 bits per heavy atom. The lowest BCUT2D eigenvalue weighted by Crippen LogP contribution is -1.96. The molecule has 4 heteroatoms. The van der Waals surface area contributed by atoms with Gasteiger partial charge in [0, 0.05) is 27.4 Å². The van der Waals surface area contributed by atoms with Gasteiger partial charge in [-0.15, -0.1) is 11.3 Å². The number of rotatable bonds is 3. The minimum absolute atomic E-state index is 0.877. The number of thiophene rings is 1. The van der Waals surface area contributed by atoms with Crippen molar-refractivity contribution in [3.05, 3.63) is 46.3 Å². The van der Waals surface area contributed by atoms with E-state index in [0.717, 1.165) is 23.1 Å². The molecule has 3 rings (SSSR count). The highest BCUT2D eigenvalue weighted by Crippen LogP contribution is 2.19. The fraction of sp³-hybridized carbons (Fsp3) is 0.154. The molecule has 0 saturated carbocycles. The fourth-order valence-corrected chi connectivity index (χ4v) is 2.65. The van der Waals surface area contributed by atoms with Crippen LogP contribution in [0.2, 0.25) is 0 Å². The number of aromatic amines is 1. The molecule has 17 heavy (non-hydrogen) atoms. The molecule has 0 radical (unpaired) electrons. The molecule has 0 atom stereocenters. The number of aromatic nitrogens is 2. The normalized spacial score (nSPS) is 10.9. The van der Waals surface area contributed by atoms with Crippen LogP contribution in [0.3, 0.4) is 0 Å². The molecular weight excluding hydrogens is 230 g/mol. The number of hydrogen-bond donors (Lipinski definition) is 2. The summed E-state index contributed by atoms with van der Waals surface area (Å²) in [6.45, 7) is 3.01. The zero-order valence-corrected chi connectivity index (χ0v) is 10.3. The van der Waals surface area contributed by atoms with Crippen molar-refractivity contribution in [2.45, 2.75) is 13.5 Å². The van der Waals surface area contributed by atoms with Crippen LogP contribution in [0.15, 0.2) is 36.5 Å². The van der Waals surface area contributed by atoms with Gasteiger partial charge in [-0.3, -0.25) is 5.10 Å². The molecule has 0 amide bonds. The van der Waals surface area contributed by atoms with Crippen molar-refractivity contribution in [1.82, 2.24) is 10.2 Å². The van der Waals surface area contributed by atoms with Gasteiger partial charge in [0.05, 0.1) is 11.7 Å². The van der Waals surface area contributed by atoms with Crippen LogP contribution in [0.25, 0.3) is 10.9 Å². The number of nitrogens with zero attached hydrogens (tertiary/aromatic N) is 1. The van der Waals surface area contributed by atoms with E-state index in [2.05, 4.69) is 46.7 Å². The van der Waals surface area contributed by atoms with Gasteiger partial charge in [0.2, 0.25) is 0 Å². The van der Waals surface area contributed by atoms with E-state index in [1.807, 2.05) is 23.6 Å². The van der Waals surface area contributed by atoms with Crippen LogP contribution in [-0.2, 0) is 6.54 Å². The number of H-pyrrole nitrogens is 1. The Hall–Kier alpha value is -1.81. The van der Waals surface area contributed by atoms with Crippen LogP contribution < -0.4 is 5.32 Å². The average Bonchev–Trinajstić information content (AvgIpc) is 2.94. The molecule has 1 aromatic carbocycles. The van der Waals surface area contributed by atoms with Crippen molar-refractivity contribution >= 4 is 27.9 Å². The van der Waals surface area contributed by atoms with E-state index in [1.165, 1.54) is 9.75 Å². The second-order valence-corrected chi connectivity index (χ2v) is 5.41. The van der Waals surface area contributed by atoms with Gasteiger partial charge in [-0.2, -0.15) is 5.10 Å². The van der Waals surface area contributed by atoms with Crippen molar-refractivity contribution < 1.29 is 0 Å². The van der Waals surface area contributed by atoms with Crippen LogP contribution in [0, 0.1) is 6.92 Å². The second kappa shape index (κ2) is 4.22. The van der Waals surface area contributed by atoms with Gasteiger partial charge in [0.15, 0.2) is 0 Å². The summed E-state index contributed by atoms with van der Waals surface area (Å²) in [7, 11) is 0. The first kappa shape index (κ1) is 10.4. The molecule has 2 N–H and O–H groups in total. The highest BCUT2D eigenvalue weighted by molar-refractivity contribution is 7.11. The Balaban J connectivity index is 1.76. The van der Waals surface area contributed by atoms with Crippen LogP contribution >= 0.6 is 11.3 Å².